The van der Waals surface area contributed by atoms with Crippen molar-refractivity contribution in [2.75, 3.05) is 33.4 Å². The normalized spacial score (nSPS) is 16.4. The molecule has 6 nitrogen and oxygen atoms in total. The molecule has 2 aromatic carbocycles. The van der Waals surface area contributed by atoms with Crippen LogP contribution in [-0.2, 0) is 25.0 Å². The molecule has 0 bridgehead atoms. The lowest BCUT2D eigenvalue weighted by Gasteiger charge is -2.38. The Hall–Kier alpha value is -2.00. The molecule has 0 unspecified atom stereocenters. The first-order chi connectivity index (χ1) is 14.2. The van der Waals surface area contributed by atoms with Crippen molar-refractivity contribution in [3.63, 3.8) is 0 Å². The third-order valence-corrected chi connectivity index (χ3v) is 7.45. The van der Waals surface area contributed by atoms with E-state index in [9.17, 15) is 17.6 Å². The van der Waals surface area contributed by atoms with Gasteiger partial charge < -0.3 is 10.1 Å². The van der Waals surface area contributed by atoms with E-state index in [0.29, 0.717) is 24.8 Å². The van der Waals surface area contributed by atoms with Gasteiger partial charge in [0.25, 0.3) is 0 Å². The van der Waals surface area contributed by atoms with Crippen LogP contribution in [0.4, 0.5) is 4.39 Å². The quantitative estimate of drug-likeness (QED) is 0.698. The van der Waals surface area contributed by atoms with Crippen molar-refractivity contribution >= 4 is 27.5 Å². The van der Waals surface area contributed by atoms with Crippen molar-refractivity contribution in [3.8, 4) is 0 Å². The third-order valence-electron chi connectivity index (χ3n) is 5.40. The maximum Gasteiger partial charge on any atom is 0.243 e. The number of carbonyl (C=O) groups excluding carboxylic acids is 1. The first-order valence-corrected chi connectivity index (χ1v) is 11.4. The highest BCUT2D eigenvalue weighted by Gasteiger charge is 2.35. The average molecular weight is 455 g/mol. The number of ether oxygens (including phenoxy) is 1. The van der Waals surface area contributed by atoms with E-state index in [0.717, 1.165) is 34.8 Å². The lowest BCUT2D eigenvalue weighted by atomic mass is 9.74. The lowest BCUT2D eigenvalue weighted by Crippen LogP contribution is -2.47. The zero-order chi connectivity index (χ0) is 21.8. The van der Waals surface area contributed by atoms with Gasteiger partial charge in [-0.2, -0.15) is 4.31 Å². The van der Waals surface area contributed by atoms with Crippen molar-refractivity contribution in [2.45, 2.75) is 23.2 Å². The number of hydrogen-bond donors (Lipinski definition) is 1. The molecule has 0 saturated carbocycles. The molecule has 0 aliphatic carbocycles. The highest BCUT2D eigenvalue weighted by Crippen LogP contribution is 2.35. The second-order valence-electron chi connectivity index (χ2n) is 7.39. The van der Waals surface area contributed by atoms with Gasteiger partial charge >= 0.3 is 0 Å². The number of benzene rings is 2. The second kappa shape index (κ2) is 9.43. The molecular formula is C21H24ClFN2O4S. The number of sulfonamides is 1. The molecule has 1 heterocycles. The fraction of sp³-hybridized carbons (Fsp3) is 0.381. The van der Waals surface area contributed by atoms with E-state index in [-0.39, 0.29) is 16.9 Å². The van der Waals surface area contributed by atoms with Gasteiger partial charge in [-0.1, -0.05) is 23.7 Å². The number of nitrogens with zero attached hydrogens (tertiary/aromatic N) is 1. The number of hydrogen-bond acceptors (Lipinski definition) is 4. The first kappa shape index (κ1) is 22.7. The molecule has 162 valence electrons. The van der Waals surface area contributed by atoms with Gasteiger partial charge in [0.15, 0.2) is 0 Å². The summed E-state index contributed by atoms with van der Waals surface area (Å²) in [4.78, 5) is 12.5. The Morgan fingerprint density at radius 3 is 2.50 bits per heavy atom. The van der Waals surface area contributed by atoms with Crippen LogP contribution < -0.4 is 5.32 Å². The van der Waals surface area contributed by atoms with Crippen LogP contribution >= 0.6 is 11.6 Å². The van der Waals surface area contributed by atoms with Crippen LogP contribution in [0.1, 0.15) is 18.4 Å². The Labute approximate surface area is 181 Å². The number of carbonyl (C=O) groups is 1. The van der Waals surface area contributed by atoms with E-state index in [1.807, 2.05) is 18.2 Å². The Bertz CT molecular complexity index is 992. The molecule has 0 atom stereocenters. The molecule has 1 fully saturated rings. The average Bonchev–Trinajstić information content (AvgIpc) is 2.73. The summed E-state index contributed by atoms with van der Waals surface area (Å²) in [6.07, 6.45) is 1.44. The number of rotatable bonds is 7. The molecule has 1 N–H and O–H groups in total. The topological polar surface area (TPSA) is 75.7 Å². The smallest absolute Gasteiger partial charge is 0.243 e. The molecule has 2 aromatic rings. The van der Waals surface area contributed by atoms with Gasteiger partial charge in [0.1, 0.15) is 5.82 Å². The Morgan fingerprint density at radius 2 is 1.87 bits per heavy atom. The Morgan fingerprint density at radius 1 is 1.20 bits per heavy atom. The van der Waals surface area contributed by atoms with Crippen molar-refractivity contribution in [1.82, 2.24) is 9.62 Å². The van der Waals surface area contributed by atoms with E-state index >= 15 is 0 Å². The minimum Gasteiger partial charge on any atom is -0.381 e. The SMILES string of the molecule is CN(CC(=O)NCC1(c2cccc(Cl)c2)CCOCC1)S(=O)(=O)c1ccc(F)cc1. The summed E-state index contributed by atoms with van der Waals surface area (Å²) in [6, 6.07) is 12.0. The molecule has 1 aliphatic heterocycles. The third kappa shape index (κ3) is 5.18. The molecule has 30 heavy (non-hydrogen) atoms. The van der Waals surface area contributed by atoms with Gasteiger partial charge in [-0.05, 0) is 54.8 Å². The monoisotopic (exact) mass is 454 g/mol. The summed E-state index contributed by atoms with van der Waals surface area (Å²) in [6.45, 7) is 1.14. The predicted octanol–water partition coefficient (Wildman–Crippen LogP) is 2.96. The summed E-state index contributed by atoms with van der Waals surface area (Å²) >= 11 is 6.16. The van der Waals surface area contributed by atoms with E-state index in [2.05, 4.69) is 5.32 Å². The van der Waals surface area contributed by atoms with Gasteiger partial charge in [0.2, 0.25) is 15.9 Å². The standard InChI is InChI=1S/C21H24ClFN2O4S/c1-25(30(27,28)19-7-5-18(23)6-8-19)14-20(26)24-15-21(9-11-29-12-10-21)16-3-2-4-17(22)13-16/h2-8,13H,9-12,14-15H2,1H3,(H,24,26). The molecule has 0 spiro atoms. The highest BCUT2D eigenvalue weighted by molar-refractivity contribution is 7.89. The summed E-state index contributed by atoms with van der Waals surface area (Å²) in [5.41, 5.74) is 0.693. The van der Waals surface area contributed by atoms with Crippen LogP contribution in [0.25, 0.3) is 0 Å². The molecule has 0 aromatic heterocycles. The fourth-order valence-electron chi connectivity index (χ4n) is 3.55. The number of nitrogens with one attached hydrogen (secondary N) is 1. The zero-order valence-corrected chi connectivity index (χ0v) is 18.2. The van der Waals surface area contributed by atoms with Crippen LogP contribution in [0, 0.1) is 5.82 Å². The van der Waals surface area contributed by atoms with E-state index < -0.39 is 21.7 Å². The van der Waals surface area contributed by atoms with E-state index in [4.69, 9.17) is 16.3 Å². The minimum atomic E-state index is -3.90. The highest BCUT2D eigenvalue weighted by atomic mass is 35.5. The Balaban J connectivity index is 1.68. The lowest BCUT2D eigenvalue weighted by molar-refractivity contribution is -0.121. The van der Waals surface area contributed by atoms with Crippen molar-refractivity contribution in [1.29, 1.82) is 0 Å². The van der Waals surface area contributed by atoms with E-state index in [1.54, 1.807) is 6.07 Å². The molecule has 1 amide bonds. The fourth-order valence-corrected chi connectivity index (χ4v) is 4.86. The van der Waals surface area contributed by atoms with Gasteiger partial charge in [0.05, 0.1) is 11.4 Å². The van der Waals surface area contributed by atoms with Crippen LogP contribution in [0.5, 0.6) is 0 Å². The number of amides is 1. The summed E-state index contributed by atoms with van der Waals surface area (Å²) in [7, 11) is -2.58. The van der Waals surface area contributed by atoms with Gasteiger partial charge in [-0.3, -0.25) is 4.79 Å². The van der Waals surface area contributed by atoms with Crippen molar-refractivity contribution in [3.05, 3.63) is 64.9 Å². The van der Waals surface area contributed by atoms with E-state index in [1.165, 1.54) is 19.2 Å². The predicted molar refractivity (Wildman–Crippen MR) is 112 cm³/mol. The molecule has 3 rings (SSSR count). The zero-order valence-electron chi connectivity index (χ0n) is 16.6. The van der Waals surface area contributed by atoms with Crippen molar-refractivity contribution < 1.29 is 22.3 Å². The van der Waals surface area contributed by atoms with Crippen LogP contribution in [0.2, 0.25) is 5.02 Å². The molecular weight excluding hydrogens is 431 g/mol. The summed E-state index contributed by atoms with van der Waals surface area (Å²) in [5.74, 6) is -0.951. The van der Waals surface area contributed by atoms with Gasteiger partial charge in [-0.15, -0.1) is 0 Å². The molecule has 9 heteroatoms. The maximum atomic E-state index is 13.1. The van der Waals surface area contributed by atoms with Crippen LogP contribution in [-0.4, -0.2) is 52.0 Å². The van der Waals surface area contributed by atoms with Crippen LogP contribution in [0.15, 0.2) is 53.4 Å². The molecule has 1 saturated heterocycles. The molecule has 1 aliphatic rings. The minimum absolute atomic E-state index is 0.0703. The number of halogens is 2. The largest absolute Gasteiger partial charge is 0.381 e. The first-order valence-electron chi connectivity index (χ1n) is 9.55. The summed E-state index contributed by atoms with van der Waals surface area (Å²) in [5, 5.41) is 3.49. The van der Waals surface area contributed by atoms with Gasteiger partial charge in [0, 0.05) is 37.2 Å². The van der Waals surface area contributed by atoms with Crippen LogP contribution in [0.3, 0.4) is 0 Å². The number of likely N-dealkylation sites (N-methyl/N-ethyl adjacent to an activating group) is 1. The Kier molecular flexibility index (Phi) is 7.13. The second-order valence-corrected chi connectivity index (χ2v) is 9.88. The van der Waals surface area contributed by atoms with Gasteiger partial charge in [-0.25, -0.2) is 12.8 Å². The van der Waals surface area contributed by atoms with Crippen molar-refractivity contribution in [2.24, 2.45) is 0 Å². The maximum absolute atomic E-state index is 13.1. The molecule has 0 radical (unpaired) electrons. The summed E-state index contributed by atoms with van der Waals surface area (Å²) < 4.78 is 44.7.